The van der Waals surface area contributed by atoms with Gasteiger partial charge in [-0.05, 0) is 48.9 Å². The van der Waals surface area contributed by atoms with E-state index in [9.17, 15) is 4.79 Å². The molecule has 0 aromatic carbocycles. The highest BCUT2D eigenvalue weighted by Gasteiger charge is 2.26. The SMILES string of the molecule is O=C(CCc1cccnc1)C1CCCc2cccnc21. The van der Waals surface area contributed by atoms with Gasteiger partial charge in [0, 0.05) is 25.0 Å². The van der Waals surface area contributed by atoms with E-state index >= 15 is 0 Å². The Bertz CT molecular complexity index is 595. The molecule has 2 aromatic rings. The second-order valence-corrected chi connectivity index (χ2v) is 5.32. The van der Waals surface area contributed by atoms with Gasteiger partial charge in [-0.15, -0.1) is 0 Å². The van der Waals surface area contributed by atoms with E-state index in [4.69, 9.17) is 0 Å². The van der Waals surface area contributed by atoms with Gasteiger partial charge < -0.3 is 0 Å². The number of hydrogen-bond donors (Lipinski definition) is 0. The lowest BCUT2D eigenvalue weighted by Crippen LogP contribution is -2.20. The van der Waals surface area contributed by atoms with Crippen LogP contribution in [0.2, 0.25) is 0 Å². The van der Waals surface area contributed by atoms with Crippen LogP contribution in [-0.2, 0) is 17.6 Å². The van der Waals surface area contributed by atoms with Crippen LogP contribution in [0.4, 0.5) is 0 Å². The number of hydrogen-bond acceptors (Lipinski definition) is 3. The van der Waals surface area contributed by atoms with Crippen molar-refractivity contribution in [2.45, 2.75) is 38.0 Å². The standard InChI is InChI=1S/C17H18N2O/c20-16(9-8-13-4-2-10-18-12-13)15-7-1-5-14-6-3-11-19-17(14)15/h2-4,6,10-12,15H,1,5,7-9H2. The monoisotopic (exact) mass is 266 g/mol. The number of pyridine rings is 2. The summed E-state index contributed by atoms with van der Waals surface area (Å²) >= 11 is 0. The molecule has 0 fully saturated rings. The molecule has 0 bridgehead atoms. The highest BCUT2D eigenvalue weighted by molar-refractivity contribution is 5.86. The van der Waals surface area contributed by atoms with Gasteiger partial charge in [-0.1, -0.05) is 12.1 Å². The van der Waals surface area contributed by atoms with Crippen LogP contribution < -0.4 is 0 Å². The maximum atomic E-state index is 12.5. The number of aryl methyl sites for hydroxylation is 2. The Morgan fingerprint density at radius 1 is 1.25 bits per heavy atom. The number of nitrogens with zero attached hydrogens (tertiary/aromatic N) is 2. The minimum absolute atomic E-state index is 0.00313. The van der Waals surface area contributed by atoms with Gasteiger partial charge in [0.25, 0.3) is 0 Å². The molecule has 20 heavy (non-hydrogen) atoms. The molecule has 102 valence electrons. The van der Waals surface area contributed by atoms with E-state index in [1.54, 1.807) is 12.4 Å². The predicted octanol–water partition coefficient (Wildman–Crippen LogP) is 3.10. The van der Waals surface area contributed by atoms with Crippen LogP contribution in [0.15, 0.2) is 42.9 Å². The van der Waals surface area contributed by atoms with Crippen LogP contribution in [0.3, 0.4) is 0 Å². The van der Waals surface area contributed by atoms with E-state index in [-0.39, 0.29) is 5.92 Å². The molecule has 2 aromatic heterocycles. The summed E-state index contributed by atoms with van der Waals surface area (Å²) in [5, 5.41) is 0. The van der Waals surface area contributed by atoms with E-state index in [0.29, 0.717) is 12.2 Å². The van der Waals surface area contributed by atoms with Crippen molar-refractivity contribution < 1.29 is 4.79 Å². The topological polar surface area (TPSA) is 42.9 Å². The van der Waals surface area contributed by atoms with Crippen LogP contribution in [0.5, 0.6) is 0 Å². The first-order valence-electron chi connectivity index (χ1n) is 7.20. The third kappa shape index (κ3) is 2.77. The fourth-order valence-corrected chi connectivity index (χ4v) is 2.91. The van der Waals surface area contributed by atoms with Crippen molar-refractivity contribution in [3.05, 3.63) is 59.7 Å². The molecule has 3 heteroatoms. The summed E-state index contributed by atoms with van der Waals surface area (Å²) in [6.07, 6.45) is 9.81. The summed E-state index contributed by atoms with van der Waals surface area (Å²) in [4.78, 5) is 21.0. The van der Waals surface area contributed by atoms with Crippen molar-refractivity contribution in [1.29, 1.82) is 0 Å². The third-order valence-electron chi connectivity index (χ3n) is 3.97. The third-order valence-corrected chi connectivity index (χ3v) is 3.97. The van der Waals surface area contributed by atoms with Gasteiger partial charge in [0.05, 0.1) is 11.6 Å². The summed E-state index contributed by atoms with van der Waals surface area (Å²) in [6, 6.07) is 7.99. The minimum Gasteiger partial charge on any atom is -0.299 e. The molecule has 1 aliphatic rings. The summed E-state index contributed by atoms with van der Waals surface area (Å²) in [6.45, 7) is 0. The first-order chi connectivity index (χ1) is 9.84. The molecule has 3 rings (SSSR count). The maximum absolute atomic E-state index is 12.5. The van der Waals surface area contributed by atoms with E-state index < -0.39 is 0 Å². The molecule has 0 amide bonds. The number of carbonyl (C=O) groups excluding carboxylic acids is 1. The summed E-state index contributed by atoms with van der Waals surface area (Å²) in [5.41, 5.74) is 3.38. The van der Waals surface area contributed by atoms with Crippen LogP contribution in [0.25, 0.3) is 0 Å². The van der Waals surface area contributed by atoms with Gasteiger partial charge in [-0.3, -0.25) is 14.8 Å². The quantitative estimate of drug-likeness (QED) is 0.854. The van der Waals surface area contributed by atoms with E-state index in [2.05, 4.69) is 16.0 Å². The predicted molar refractivity (Wildman–Crippen MR) is 77.5 cm³/mol. The molecule has 0 radical (unpaired) electrons. The van der Waals surface area contributed by atoms with Gasteiger partial charge in [0.2, 0.25) is 0 Å². The van der Waals surface area contributed by atoms with Crippen LogP contribution in [0, 0.1) is 0 Å². The van der Waals surface area contributed by atoms with Crippen molar-refractivity contribution in [3.8, 4) is 0 Å². The van der Waals surface area contributed by atoms with Crippen molar-refractivity contribution >= 4 is 5.78 Å². The van der Waals surface area contributed by atoms with Crippen LogP contribution >= 0.6 is 0 Å². The fraction of sp³-hybridized carbons (Fsp3) is 0.353. The van der Waals surface area contributed by atoms with E-state index in [1.807, 2.05) is 24.4 Å². The normalized spacial score (nSPS) is 17.5. The van der Waals surface area contributed by atoms with Crippen molar-refractivity contribution in [1.82, 2.24) is 9.97 Å². The second kappa shape index (κ2) is 5.95. The average Bonchev–Trinajstić information content (AvgIpc) is 2.53. The van der Waals surface area contributed by atoms with Crippen molar-refractivity contribution in [3.63, 3.8) is 0 Å². The fourth-order valence-electron chi connectivity index (χ4n) is 2.91. The Kier molecular flexibility index (Phi) is 3.86. The first-order valence-corrected chi connectivity index (χ1v) is 7.20. The smallest absolute Gasteiger partial charge is 0.142 e. The largest absolute Gasteiger partial charge is 0.299 e. The van der Waals surface area contributed by atoms with Gasteiger partial charge in [0.15, 0.2) is 0 Å². The molecule has 0 N–H and O–H groups in total. The highest BCUT2D eigenvalue weighted by Crippen LogP contribution is 2.31. The van der Waals surface area contributed by atoms with Crippen LogP contribution in [-0.4, -0.2) is 15.8 Å². The number of carbonyl (C=O) groups is 1. The highest BCUT2D eigenvalue weighted by atomic mass is 16.1. The lowest BCUT2D eigenvalue weighted by atomic mass is 9.82. The van der Waals surface area contributed by atoms with Crippen molar-refractivity contribution in [2.24, 2.45) is 0 Å². The molecular formula is C17H18N2O. The number of aromatic nitrogens is 2. The van der Waals surface area contributed by atoms with Gasteiger partial charge >= 0.3 is 0 Å². The van der Waals surface area contributed by atoms with E-state index in [1.165, 1.54) is 5.56 Å². The maximum Gasteiger partial charge on any atom is 0.142 e. The Hall–Kier alpha value is -2.03. The number of fused-ring (bicyclic) bond motifs is 1. The zero-order valence-electron chi connectivity index (χ0n) is 11.5. The number of rotatable bonds is 4. The summed E-state index contributed by atoms with van der Waals surface area (Å²) in [7, 11) is 0. The lowest BCUT2D eigenvalue weighted by molar-refractivity contribution is -0.120. The molecule has 2 heterocycles. The molecule has 1 unspecified atom stereocenters. The van der Waals surface area contributed by atoms with Gasteiger partial charge in [-0.25, -0.2) is 0 Å². The Labute approximate surface area is 119 Å². The summed E-state index contributed by atoms with van der Waals surface area (Å²) < 4.78 is 0. The molecule has 0 saturated carbocycles. The van der Waals surface area contributed by atoms with Gasteiger partial charge in [0.1, 0.15) is 5.78 Å². The van der Waals surface area contributed by atoms with E-state index in [0.717, 1.165) is 36.9 Å². The zero-order valence-corrected chi connectivity index (χ0v) is 11.5. The van der Waals surface area contributed by atoms with Gasteiger partial charge in [-0.2, -0.15) is 0 Å². The average molecular weight is 266 g/mol. The first kappa shape index (κ1) is 13.0. The minimum atomic E-state index is -0.00313. The lowest BCUT2D eigenvalue weighted by Gasteiger charge is -2.23. The Balaban J connectivity index is 1.69. The molecule has 1 aliphatic carbocycles. The molecule has 0 spiro atoms. The number of ketones is 1. The molecule has 1 atom stereocenters. The zero-order chi connectivity index (χ0) is 13.8. The number of Topliss-reactive ketones (excluding diaryl/α,β-unsaturated/α-hetero) is 1. The van der Waals surface area contributed by atoms with Crippen molar-refractivity contribution in [2.75, 3.05) is 0 Å². The van der Waals surface area contributed by atoms with Crippen LogP contribution in [0.1, 0.15) is 42.0 Å². The molecule has 3 nitrogen and oxygen atoms in total. The Morgan fingerprint density at radius 3 is 3.00 bits per heavy atom. The molecule has 0 aliphatic heterocycles. The summed E-state index contributed by atoms with van der Waals surface area (Å²) in [5.74, 6) is 0.310. The molecule has 0 saturated heterocycles. The second-order valence-electron chi connectivity index (χ2n) is 5.32. The Morgan fingerprint density at radius 2 is 2.15 bits per heavy atom. The molecular weight excluding hydrogens is 248 g/mol.